The minimum absolute atomic E-state index is 0.0255. The Morgan fingerprint density at radius 2 is 2.04 bits per heavy atom. The molecule has 134 valence electrons. The molecule has 2 atom stereocenters. The highest BCUT2D eigenvalue weighted by Gasteiger charge is 2.30. The van der Waals surface area contributed by atoms with Crippen LogP contribution in [0.1, 0.15) is 23.5 Å². The average molecular weight is 416 g/mol. The average Bonchev–Trinajstić information content (AvgIpc) is 2.66. The van der Waals surface area contributed by atoms with E-state index in [9.17, 15) is 5.11 Å². The van der Waals surface area contributed by atoms with Crippen molar-refractivity contribution < 1.29 is 19.3 Å². The number of pyridine rings is 1. The van der Waals surface area contributed by atoms with Gasteiger partial charge in [0.15, 0.2) is 17.8 Å². The topological polar surface area (TPSA) is 60.8 Å². The minimum Gasteiger partial charge on any atom is -0.493 e. The van der Waals surface area contributed by atoms with E-state index in [0.717, 1.165) is 26.4 Å². The van der Waals surface area contributed by atoms with Crippen LogP contribution in [0, 0.1) is 0 Å². The third-order valence-electron chi connectivity index (χ3n) is 4.73. The van der Waals surface area contributed by atoms with Gasteiger partial charge in [0.25, 0.3) is 0 Å². The number of ether oxygens (including phenoxy) is 3. The first-order valence-corrected chi connectivity index (χ1v) is 9.04. The van der Waals surface area contributed by atoms with Crippen LogP contribution in [0.3, 0.4) is 0 Å². The first-order valence-electron chi connectivity index (χ1n) is 8.25. The molecule has 5 nitrogen and oxygen atoms in total. The summed E-state index contributed by atoms with van der Waals surface area (Å²) < 4.78 is 17.5. The van der Waals surface area contributed by atoms with E-state index in [4.69, 9.17) is 14.2 Å². The standard InChI is InChI=1S/C20H18BrNO4/c1-24-17-8-12(7-16(21)20(17)25-2)15-9-18(23)26-19-13-5-6-22-10-11(13)3-4-14(15)19/h3-8,10,15,18,23H,9H2,1-2H3. The molecule has 2 aromatic carbocycles. The van der Waals surface area contributed by atoms with Gasteiger partial charge in [-0.2, -0.15) is 0 Å². The van der Waals surface area contributed by atoms with Gasteiger partial charge in [-0.1, -0.05) is 12.1 Å². The van der Waals surface area contributed by atoms with Gasteiger partial charge in [0.05, 0.1) is 18.7 Å². The van der Waals surface area contributed by atoms with Crippen LogP contribution in [0.5, 0.6) is 17.2 Å². The van der Waals surface area contributed by atoms with Crippen molar-refractivity contribution in [3.05, 3.63) is 58.3 Å². The molecule has 2 unspecified atom stereocenters. The lowest BCUT2D eigenvalue weighted by Gasteiger charge is -2.31. The van der Waals surface area contributed by atoms with Crippen LogP contribution in [0.15, 0.2) is 47.2 Å². The highest BCUT2D eigenvalue weighted by atomic mass is 79.9. The van der Waals surface area contributed by atoms with Gasteiger partial charge in [-0.15, -0.1) is 0 Å². The number of benzene rings is 2. The molecule has 1 aliphatic heterocycles. The summed E-state index contributed by atoms with van der Waals surface area (Å²) in [7, 11) is 3.22. The number of hydrogen-bond donors (Lipinski definition) is 1. The summed E-state index contributed by atoms with van der Waals surface area (Å²) >= 11 is 3.55. The lowest BCUT2D eigenvalue weighted by atomic mass is 9.85. The molecule has 1 aromatic heterocycles. The molecule has 0 aliphatic carbocycles. The van der Waals surface area contributed by atoms with Crippen LogP contribution < -0.4 is 14.2 Å². The Balaban J connectivity index is 1.89. The Labute approximate surface area is 159 Å². The molecule has 26 heavy (non-hydrogen) atoms. The first-order chi connectivity index (χ1) is 12.6. The SMILES string of the molecule is COc1cc(C2CC(O)Oc3c2ccc2cnccc32)cc(Br)c1OC. The molecule has 0 bridgehead atoms. The van der Waals surface area contributed by atoms with Crippen LogP contribution in [-0.4, -0.2) is 30.6 Å². The van der Waals surface area contributed by atoms with Crippen molar-refractivity contribution in [1.82, 2.24) is 4.98 Å². The van der Waals surface area contributed by atoms with E-state index in [1.165, 1.54) is 0 Å². The van der Waals surface area contributed by atoms with Crippen LogP contribution >= 0.6 is 15.9 Å². The summed E-state index contributed by atoms with van der Waals surface area (Å²) in [5, 5.41) is 12.3. The Morgan fingerprint density at radius 3 is 2.81 bits per heavy atom. The molecule has 3 aromatic rings. The number of methoxy groups -OCH3 is 2. The molecule has 0 fully saturated rings. The molecule has 1 N–H and O–H groups in total. The summed E-state index contributed by atoms with van der Waals surface area (Å²) in [6, 6.07) is 9.94. The van der Waals surface area contributed by atoms with Gasteiger partial charge in [-0.3, -0.25) is 4.98 Å². The molecule has 0 amide bonds. The summed E-state index contributed by atoms with van der Waals surface area (Å²) in [5.74, 6) is 1.97. The number of hydrogen-bond acceptors (Lipinski definition) is 5. The second kappa shape index (κ2) is 6.78. The first kappa shape index (κ1) is 17.1. The Bertz CT molecular complexity index is 975. The Morgan fingerprint density at radius 1 is 1.19 bits per heavy atom. The van der Waals surface area contributed by atoms with Gasteiger partial charge in [0.1, 0.15) is 5.75 Å². The summed E-state index contributed by atoms with van der Waals surface area (Å²) in [6.07, 6.45) is 3.11. The van der Waals surface area contributed by atoms with E-state index in [0.29, 0.717) is 23.7 Å². The fourth-order valence-electron chi connectivity index (χ4n) is 3.53. The third kappa shape index (κ3) is 2.79. The number of aliphatic hydroxyl groups is 1. The summed E-state index contributed by atoms with van der Waals surface area (Å²) in [4.78, 5) is 4.16. The lowest BCUT2D eigenvalue weighted by Crippen LogP contribution is -2.26. The zero-order chi connectivity index (χ0) is 18.3. The van der Waals surface area contributed by atoms with Crippen molar-refractivity contribution in [2.45, 2.75) is 18.6 Å². The van der Waals surface area contributed by atoms with Gasteiger partial charge in [0, 0.05) is 41.1 Å². The monoisotopic (exact) mass is 415 g/mol. The summed E-state index contributed by atoms with van der Waals surface area (Å²) in [5.41, 5.74) is 2.06. The zero-order valence-electron chi connectivity index (χ0n) is 14.4. The predicted octanol–water partition coefficient (Wildman–Crippen LogP) is 4.25. The van der Waals surface area contributed by atoms with Gasteiger partial charge in [-0.25, -0.2) is 0 Å². The largest absolute Gasteiger partial charge is 0.493 e. The van der Waals surface area contributed by atoms with E-state index in [-0.39, 0.29) is 5.92 Å². The van der Waals surface area contributed by atoms with Crippen molar-refractivity contribution in [2.24, 2.45) is 0 Å². The van der Waals surface area contributed by atoms with Crippen LogP contribution in [0.4, 0.5) is 0 Å². The smallest absolute Gasteiger partial charge is 0.198 e. The number of aliphatic hydroxyl groups excluding tert-OH is 1. The fourth-order valence-corrected chi connectivity index (χ4v) is 4.15. The third-order valence-corrected chi connectivity index (χ3v) is 5.32. The van der Waals surface area contributed by atoms with E-state index < -0.39 is 6.29 Å². The molecule has 0 spiro atoms. The molecule has 0 radical (unpaired) electrons. The molecular formula is C20H18BrNO4. The maximum Gasteiger partial charge on any atom is 0.198 e. The summed E-state index contributed by atoms with van der Waals surface area (Å²) in [6.45, 7) is 0. The second-order valence-corrected chi connectivity index (χ2v) is 7.03. The van der Waals surface area contributed by atoms with E-state index in [1.807, 2.05) is 30.3 Å². The van der Waals surface area contributed by atoms with Gasteiger partial charge in [-0.05, 0) is 39.7 Å². The second-order valence-electron chi connectivity index (χ2n) is 6.18. The highest BCUT2D eigenvalue weighted by Crippen LogP contribution is 2.46. The van der Waals surface area contributed by atoms with Crippen LogP contribution in [0.2, 0.25) is 0 Å². The van der Waals surface area contributed by atoms with Gasteiger partial charge >= 0.3 is 0 Å². The van der Waals surface area contributed by atoms with Gasteiger partial charge in [0.2, 0.25) is 0 Å². The van der Waals surface area contributed by atoms with Crippen LogP contribution in [0.25, 0.3) is 10.8 Å². The van der Waals surface area contributed by atoms with Crippen LogP contribution in [-0.2, 0) is 0 Å². The van der Waals surface area contributed by atoms with Crippen molar-refractivity contribution in [2.75, 3.05) is 14.2 Å². The normalized spacial score (nSPS) is 18.9. The maximum atomic E-state index is 10.3. The minimum atomic E-state index is -0.877. The van der Waals surface area contributed by atoms with Crippen molar-refractivity contribution >= 4 is 26.7 Å². The molecule has 0 saturated heterocycles. The number of aromatic nitrogens is 1. The molecule has 6 heteroatoms. The predicted molar refractivity (Wildman–Crippen MR) is 102 cm³/mol. The number of rotatable bonds is 3. The molecular weight excluding hydrogens is 398 g/mol. The maximum absolute atomic E-state index is 10.3. The zero-order valence-corrected chi connectivity index (χ0v) is 16.0. The molecule has 2 heterocycles. The molecule has 1 aliphatic rings. The lowest BCUT2D eigenvalue weighted by molar-refractivity contribution is -0.0347. The van der Waals surface area contributed by atoms with Gasteiger partial charge < -0.3 is 19.3 Å². The van der Waals surface area contributed by atoms with Crippen molar-refractivity contribution in [3.63, 3.8) is 0 Å². The number of fused-ring (bicyclic) bond motifs is 3. The Hall–Kier alpha value is -2.31. The fraction of sp³-hybridized carbons (Fsp3) is 0.250. The Kier molecular flexibility index (Phi) is 4.46. The van der Waals surface area contributed by atoms with E-state index >= 15 is 0 Å². The number of halogens is 1. The van der Waals surface area contributed by atoms with E-state index in [2.05, 4.69) is 20.9 Å². The highest BCUT2D eigenvalue weighted by molar-refractivity contribution is 9.10. The molecule has 4 rings (SSSR count). The molecule has 0 saturated carbocycles. The van der Waals surface area contributed by atoms with Crippen molar-refractivity contribution in [1.29, 1.82) is 0 Å². The quantitative estimate of drug-likeness (QED) is 0.692. The number of nitrogens with zero attached hydrogens (tertiary/aromatic N) is 1. The van der Waals surface area contributed by atoms with Crippen molar-refractivity contribution in [3.8, 4) is 17.2 Å². The van der Waals surface area contributed by atoms with E-state index in [1.54, 1.807) is 26.6 Å².